The molecule has 0 aliphatic carbocycles. The van der Waals surface area contributed by atoms with Gasteiger partial charge >= 0.3 is 0 Å². The van der Waals surface area contributed by atoms with Crippen molar-refractivity contribution in [3.63, 3.8) is 0 Å². The van der Waals surface area contributed by atoms with Crippen molar-refractivity contribution in [2.24, 2.45) is 0 Å². The minimum absolute atomic E-state index is 0.0144. The molecule has 0 bridgehead atoms. The van der Waals surface area contributed by atoms with Gasteiger partial charge in [0.2, 0.25) is 0 Å². The Kier molecular flexibility index (Phi) is 41.3. The number of amides is 7. The van der Waals surface area contributed by atoms with E-state index in [2.05, 4.69) is 28.9 Å². The number of carbonyl (C=O) groups is 7. The van der Waals surface area contributed by atoms with Crippen molar-refractivity contribution in [3.05, 3.63) is 310 Å². The van der Waals surface area contributed by atoms with Gasteiger partial charge in [0.1, 0.15) is 35.2 Å². The van der Waals surface area contributed by atoms with Crippen LogP contribution in [0.25, 0.3) is 11.1 Å². The zero-order chi connectivity index (χ0) is 93.2. The van der Waals surface area contributed by atoms with E-state index in [1.165, 1.54) is 36.3 Å². The number of ether oxygens (including phenoxy) is 1. The van der Waals surface area contributed by atoms with Gasteiger partial charge in [-0.3, -0.25) is 43.4 Å². The smallest absolute Gasteiger partial charge is 0.269 e. The third-order valence-corrected chi connectivity index (χ3v) is 27.3. The molecule has 8 heterocycles. The van der Waals surface area contributed by atoms with Gasteiger partial charge in [0.25, 0.3) is 41.4 Å². The summed E-state index contributed by atoms with van der Waals surface area (Å²) < 4.78 is 5.28. The number of benzene rings is 7. The summed E-state index contributed by atoms with van der Waals surface area (Å²) in [5.74, 6) is 3.17. The molecule has 0 aromatic heterocycles. The maximum Gasteiger partial charge on any atom is 0.269 e. The molecule has 35 heteroatoms. The molecule has 0 saturated carbocycles. The Balaban J connectivity index is 0.000000169. The molecular weight excluding hydrogens is 1930 g/mol. The van der Waals surface area contributed by atoms with Crippen LogP contribution in [0.2, 0.25) is 0 Å². The van der Waals surface area contributed by atoms with E-state index in [9.17, 15) is 59.1 Å². The molecule has 7 amide bonds. The first-order chi connectivity index (χ1) is 61.2. The van der Waals surface area contributed by atoms with Gasteiger partial charge in [-0.15, -0.1) is 0 Å². The minimum atomic E-state index is -1.20. The summed E-state index contributed by atoms with van der Waals surface area (Å²) in [7, 11) is 0. The second kappa shape index (κ2) is 50.8. The predicted octanol–water partition coefficient (Wildman–Crippen LogP) is 17.9. The van der Waals surface area contributed by atoms with Gasteiger partial charge in [-0.1, -0.05) is 368 Å². The molecule has 5 N–H and O–H groups in total. The van der Waals surface area contributed by atoms with Crippen LogP contribution >= 0.6 is 162 Å². The standard InChI is InChI=1S/C17H13Cl2NO2.C14H15Cl2NO2.C13H13Cl2NO2.C13H9Cl2NO2.C13H13Cl2NO.C12H11Cl2NO2.C11H16Cl2N2O2/c18-14-15(19)17(22)20(16(14)21)10-11-6-8-13(9-7-11)12-4-2-1-3-5-12;15-11-12(16)14(19)17(13(11)18)9-5-4-8-10-6-2-1-3-7-10;2*14-10-11(15)13(18)16(12(10)17)8-4-7-9-5-2-1-3-6-9;1-9-11(14)12(15)13(17)16(9)8-7-10-5-3-2-4-6-10;1-7(8-5-3-2-4-6-8)15-11(16)9(13)10(14)12(15)17;1-8-9(12)10(13)11(16)15(8)3-2-14-4-6-17-7-5-14/h1-9,16,21H,10H2;1-3,6-7,13,18H,4-5,8-9H2;1-3,5-6,12,17H,4,7-8H2;1-3,5-6,12,17H,8H2;2-6,9H,7-8H2,1H3;2-7,11,16H,1H3;8H,2-7H2,1H3. The molecule has 8 aliphatic rings. The molecule has 1 saturated heterocycles. The maximum absolute atomic E-state index is 11.9. The lowest BCUT2D eigenvalue weighted by Gasteiger charge is -2.30. The third-order valence-electron chi connectivity index (χ3n) is 21.1. The first kappa shape index (κ1) is 104. The van der Waals surface area contributed by atoms with Crippen molar-refractivity contribution in [1.29, 1.82) is 0 Å². The van der Waals surface area contributed by atoms with Crippen molar-refractivity contribution in [2.45, 2.75) is 115 Å². The van der Waals surface area contributed by atoms with Crippen LogP contribution in [0.1, 0.15) is 79.5 Å². The molecule has 678 valence electrons. The van der Waals surface area contributed by atoms with E-state index in [4.69, 9.17) is 167 Å². The monoisotopic (exact) mass is 2020 g/mol. The van der Waals surface area contributed by atoms with Gasteiger partial charge in [0.15, 0.2) is 31.1 Å². The van der Waals surface area contributed by atoms with Crippen molar-refractivity contribution in [3.8, 4) is 23.0 Å². The molecule has 21 nitrogen and oxygen atoms in total. The number of unbranched alkanes of at least 4 members (excludes halogenated alkanes) is 1. The summed E-state index contributed by atoms with van der Waals surface area (Å²) in [5.41, 5.74) is 8.52. The first-order valence-corrected chi connectivity index (χ1v) is 45.6. The number of rotatable bonds is 21. The Morgan fingerprint density at radius 2 is 0.680 bits per heavy atom. The van der Waals surface area contributed by atoms with Crippen LogP contribution < -0.4 is 0 Å². The number of carbonyl (C=O) groups excluding carboxylic acids is 7. The van der Waals surface area contributed by atoms with Crippen LogP contribution in [0.5, 0.6) is 0 Å². The summed E-state index contributed by atoms with van der Waals surface area (Å²) in [5, 5.41) is 49.6. The highest BCUT2D eigenvalue weighted by atomic mass is 35.5. The normalized spacial score (nSPS) is 20.7. The minimum Gasteiger partial charge on any atom is -0.379 e. The van der Waals surface area contributed by atoms with Crippen LogP contribution in [-0.2, 0) is 64.1 Å². The van der Waals surface area contributed by atoms with Crippen molar-refractivity contribution in [1.82, 2.24) is 39.2 Å². The highest BCUT2D eigenvalue weighted by molar-refractivity contribution is 6.53. The molecule has 0 spiro atoms. The highest BCUT2D eigenvalue weighted by Crippen LogP contribution is 2.39. The second-order valence-corrected chi connectivity index (χ2v) is 35.0. The zero-order valence-electron chi connectivity index (χ0n) is 69.1. The van der Waals surface area contributed by atoms with Crippen molar-refractivity contribution >= 4 is 204 Å². The molecule has 7 aromatic rings. The number of halogens is 14. The lowest BCUT2D eigenvalue weighted by molar-refractivity contribution is -0.134. The third kappa shape index (κ3) is 27.5. The Morgan fingerprint density at radius 1 is 0.336 bits per heavy atom. The largest absolute Gasteiger partial charge is 0.379 e. The fourth-order valence-corrected chi connectivity index (χ4v) is 16.6. The van der Waals surface area contributed by atoms with Gasteiger partial charge in [-0.05, 0) is 110 Å². The van der Waals surface area contributed by atoms with Crippen molar-refractivity contribution in [2.75, 3.05) is 65.6 Å². The molecule has 7 aromatic carbocycles. The summed E-state index contributed by atoms with van der Waals surface area (Å²) >= 11 is 80.9. The summed E-state index contributed by atoms with van der Waals surface area (Å²) in [4.78, 5) is 94.2. The summed E-state index contributed by atoms with van der Waals surface area (Å²) in [6.07, 6.45) is -0.617. The van der Waals surface area contributed by atoms with E-state index in [0.29, 0.717) is 36.2 Å². The van der Waals surface area contributed by atoms with Gasteiger partial charge < -0.3 is 59.7 Å². The quantitative estimate of drug-likeness (QED) is 0.0331. The zero-order valence-corrected chi connectivity index (χ0v) is 79.7. The predicted molar refractivity (Wildman–Crippen MR) is 508 cm³/mol. The SMILES string of the molecule is CC(c1ccccc1)N1C(=O)C(Cl)=C(Cl)C1O.CC1C(Cl)=C(Cl)C(=O)N1CCN1CCOCC1.CC1C(Cl)=C(Cl)C(=O)N1CCc1ccccc1.O=C1C(Cl)=C(Cl)C(O)N1CC#Cc1ccccc1.O=C1C(Cl)=C(Cl)C(O)N1CCCCc1ccccc1.O=C1C(Cl)=C(Cl)C(O)N1CCCc1ccccc1.O=C1C(Cl)=C(Cl)C(O)N1Cc1ccc(-c2ccccc2)cc1. The fraction of sp³-hybridized carbons (Fsp3) is 0.301. The molecule has 8 atom stereocenters. The van der Waals surface area contributed by atoms with Crippen LogP contribution in [0.3, 0.4) is 0 Å². The number of morpholine rings is 1. The number of hydrogen-bond acceptors (Lipinski definition) is 14. The molecule has 8 unspecified atom stereocenters. The lowest BCUT2D eigenvalue weighted by atomic mass is 10.0. The van der Waals surface area contributed by atoms with E-state index in [0.717, 1.165) is 104 Å². The van der Waals surface area contributed by atoms with Crippen LogP contribution in [0, 0.1) is 11.8 Å². The number of aliphatic hydroxyl groups is 5. The van der Waals surface area contributed by atoms with Gasteiger partial charge in [-0.25, -0.2) is 0 Å². The molecule has 0 radical (unpaired) electrons. The van der Waals surface area contributed by atoms with Crippen LogP contribution in [0.4, 0.5) is 0 Å². The van der Waals surface area contributed by atoms with Gasteiger partial charge in [-0.2, -0.15) is 0 Å². The van der Waals surface area contributed by atoms with E-state index < -0.39 is 54.8 Å². The summed E-state index contributed by atoms with van der Waals surface area (Å²) in [6.45, 7) is 12.3. The van der Waals surface area contributed by atoms with Gasteiger partial charge in [0.05, 0.1) is 73.1 Å². The van der Waals surface area contributed by atoms with Crippen LogP contribution in [-0.4, -0.2) is 215 Å². The Labute approximate surface area is 813 Å². The number of hydrogen-bond donors (Lipinski definition) is 5. The number of nitrogens with zero attached hydrogens (tertiary/aromatic N) is 8. The fourth-order valence-electron chi connectivity index (χ4n) is 13.7. The van der Waals surface area contributed by atoms with Gasteiger partial charge in [0, 0.05) is 57.9 Å². The average Bonchev–Trinajstić information content (AvgIpc) is 1.65. The first-order valence-electron chi connectivity index (χ1n) is 40.3. The Bertz CT molecular complexity index is 5340. The van der Waals surface area contributed by atoms with Crippen LogP contribution in [0.15, 0.2) is 277 Å². The number of aliphatic hydroxyl groups excluding tert-OH is 5. The highest BCUT2D eigenvalue weighted by Gasteiger charge is 2.43. The van der Waals surface area contributed by atoms with E-state index in [1.54, 1.807) is 9.80 Å². The molecule has 1 fully saturated rings. The second-order valence-electron chi connectivity index (χ2n) is 29.5. The molecule has 15 rings (SSSR count). The Morgan fingerprint density at radius 3 is 1.09 bits per heavy atom. The number of aryl methyl sites for hydroxylation is 2. The lowest BCUT2D eigenvalue weighted by Crippen LogP contribution is -2.43. The van der Waals surface area contributed by atoms with Crippen molar-refractivity contribution < 1.29 is 63.8 Å². The molecule has 128 heavy (non-hydrogen) atoms. The molecule has 8 aliphatic heterocycles. The van der Waals surface area contributed by atoms with E-state index in [1.807, 2.05) is 215 Å². The van der Waals surface area contributed by atoms with E-state index >= 15 is 0 Å². The summed E-state index contributed by atoms with van der Waals surface area (Å²) in [6, 6.07) is 66.2. The Hall–Kier alpha value is -7.65. The maximum atomic E-state index is 11.9. The topological polar surface area (TPSA) is 256 Å². The van der Waals surface area contributed by atoms with E-state index in [-0.39, 0.29) is 109 Å². The molecular formula is C93H90Cl14N8O13. The average molecular weight is 2020 g/mol.